The molecule has 0 spiro atoms. The SMILES string of the molecule is C=CCN(CC(=O)NCCCC)CC(C)C(=O)O. The quantitative estimate of drug-likeness (QED) is 0.454. The minimum absolute atomic E-state index is 0.0668. The molecule has 0 saturated carbocycles. The molecule has 18 heavy (non-hydrogen) atoms. The highest BCUT2D eigenvalue weighted by Crippen LogP contribution is 2.00. The average Bonchev–Trinajstić information content (AvgIpc) is 2.29. The van der Waals surface area contributed by atoms with Gasteiger partial charge in [0.1, 0.15) is 0 Å². The Labute approximate surface area is 109 Å². The summed E-state index contributed by atoms with van der Waals surface area (Å²) in [7, 11) is 0. The third kappa shape index (κ3) is 7.84. The van der Waals surface area contributed by atoms with Crippen molar-refractivity contribution in [3.8, 4) is 0 Å². The van der Waals surface area contributed by atoms with E-state index in [1.807, 2.05) is 0 Å². The highest BCUT2D eigenvalue weighted by molar-refractivity contribution is 5.78. The molecule has 0 aromatic heterocycles. The van der Waals surface area contributed by atoms with Crippen LogP contribution in [0.2, 0.25) is 0 Å². The zero-order valence-electron chi connectivity index (χ0n) is 11.3. The highest BCUT2D eigenvalue weighted by Gasteiger charge is 2.17. The van der Waals surface area contributed by atoms with Crippen molar-refractivity contribution in [2.75, 3.05) is 26.2 Å². The molecule has 0 rings (SSSR count). The van der Waals surface area contributed by atoms with E-state index in [2.05, 4.69) is 18.8 Å². The van der Waals surface area contributed by atoms with E-state index in [1.165, 1.54) is 0 Å². The third-order valence-electron chi connectivity index (χ3n) is 2.56. The van der Waals surface area contributed by atoms with Gasteiger partial charge >= 0.3 is 5.97 Å². The van der Waals surface area contributed by atoms with E-state index in [9.17, 15) is 9.59 Å². The maximum Gasteiger partial charge on any atom is 0.307 e. The second-order valence-electron chi connectivity index (χ2n) is 4.43. The van der Waals surface area contributed by atoms with Crippen molar-refractivity contribution in [3.63, 3.8) is 0 Å². The molecule has 0 fully saturated rings. The van der Waals surface area contributed by atoms with E-state index in [1.54, 1.807) is 17.9 Å². The summed E-state index contributed by atoms with van der Waals surface area (Å²) in [5.41, 5.74) is 0. The van der Waals surface area contributed by atoms with Crippen molar-refractivity contribution in [1.82, 2.24) is 10.2 Å². The van der Waals surface area contributed by atoms with Gasteiger partial charge in [0.15, 0.2) is 0 Å². The van der Waals surface area contributed by atoms with Crippen molar-refractivity contribution >= 4 is 11.9 Å². The molecule has 1 amide bonds. The summed E-state index contributed by atoms with van der Waals surface area (Å²) in [6.45, 7) is 9.06. The number of carboxylic acids is 1. The first-order valence-corrected chi connectivity index (χ1v) is 6.34. The Kier molecular flexibility index (Phi) is 8.92. The van der Waals surface area contributed by atoms with Crippen LogP contribution in [0.15, 0.2) is 12.7 Å². The van der Waals surface area contributed by atoms with Crippen molar-refractivity contribution in [1.29, 1.82) is 0 Å². The standard InChI is InChI=1S/C13H24N2O3/c1-4-6-7-14-12(16)10-15(8-5-2)9-11(3)13(17)18/h5,11H,2,4,6-10H2,1,3H3,(H,14,16)(H,17,18). The van der Waals surface area contributed by atoms with E-state index in [4.69, 9.17) is 5.11 Å². The number of rotatable bonds is 10. The Morgan fingerprint density at radius 1 is 1.50 bits per heavy atom. The van der Waals surface area contributed by atoms with Crippen LogP contribution in [-0.4, -0.2) is 48.1 Å². The molecule has 104 valence electrons. The van der Waals surface area contributed by atoms with Crippen molar-refractivity contribution < 1.29 is 14.7 Å². The molecule has 5 heteroatoms. The predicted octanol–water partition coefficient (Wildman–Crippen LogP) is 1.11. The van der Waals surface area contributed by atoms with Gasteiger partial charge in [0, 0.05) is 19.6 Å². The van der Waals surface area contributed by atoms with Crippen LogP contribution >= 0.6 is 0 Å². The lowest BCUT2D eigenvalue weighted by atomic mass is 10.1. The van der Waals surface area contributed by atoms with Crippen LogP contribution in [0.1, 0.15) is 26.7 Å². The summed E-state index contributed by atoms with van der Waals surface area (Å²) >= 11 is 0. The normalized spacial score (nSPS) is 12.2. The van der Waals surface area contributed by atoms with E-state index in [0.29, 0.717) is 19.6 Å². The van der Waals surface area contributed by atoms with E-state index < -0.39 is 11.9 Å². The smallest absolute Gasteiger partial charge is 0.307 e. The molecular formula is C13H24N2O3. The number of carbonyl (C=O) groups excluding carboxylic acids is 1. The fourth-order valence-corrected chi connectivity index (χ4v) is 1.52. The lowest BCUT2D eigenvalue weighted by molar-refractivity contribution is -0.142. The molecule has 0 aliphatic heterocycles. The Morgan fingerprint density at radius 2 is 2.17 bits per heavy atom. The minimum Gasteiger partial charge on any atom is -0.481 e. The monoisotopic (exact) mass is 256 g/mol. The van der Waals surface area contributed by atoms with E-state index in [0.717, 1.165) is 12.8 Å². The van der Waals surface area contributed by atoms with Gasteiger partial charge in [0.2, 0.25) is 5.91 Å². The Morgan fingerprint density at radius 3 is 2.67 bits per heavy atom. The first-order valence-electron chi connectivity index (χ1n) is 6.34. The van der Waals surface area contributed by atoms with Crippen molar-refractivity contribution in [2.45, 2.75) is 26.7 Å². The first-order chi connectivity index (χ1) is 8.51. The van der Waals surface area contributed by atoms with Gasteiger partial charge in [-0.1, -0.05) is 26.3 Å². The van der Waals surface area contributed by atoms with Gasteiger partial charge in [-0.05, 0) is 6.42 Å². The molecule has 0 radical (unpaired) electrons. The van der Waals surface area contributed by atoms with Crippen LogP contribution in [-0.2, 0) is 9.59 Å². The lowest BCUT2D eigenvalue weighted by Gasteiger charge is -2.22. The Hall–Kier alpha value is -1.36. The molecule has 0 aromatic carbocycles. The predicted molar refractivity (Wildman–Crippen MR) is 71.4 cm³/mol. The van der Waals surface area contributed by atoms with Gasteiger partial charge in [-0.2, -0.15) is 0 Å². The van der Waals surface area contributed by atoms with Crippen LogP contribution in [0.3, 0.4) is 0 Å². The van der Waals surface area contributed by atoms with Crippen LogP contribution in [0.4, 0.5) is 0 Å². The van der Waals surface area contributed by atoms with Gasteiger partial charge < -0.3 is 10.4 Å². The molecule has 0 heterocycles. The number of nitrogens with zero attached hydrogens (tertiary/aromatic N) is 1. The summed E-state index contributed by atoms with van der Waals surface area (Å²) < 4.78 is 0. The Balaban J connectivity index is 4.13. The van der Waals surface area contributed by atoms with Gasteiger partial charge in [0.25, 0.3) is 0 Å². The molecule has 0 aliphatic rings. The van der Waals surface area contributed by atoms with Crippen molar-refractivity contribution in [2.24, 2.45) is 5.92 Å². The fourth-order valence-electron chi connectivity index (χ4n) is 1.52. The maximum absolute atomic E-state index is 11.6. The topological polar surface area (TPSA) is 69.6 Å². The zero-order valence-corrected chi connectivity index (χ0v) is 11.3. The summed E-state index contributed by atoms with van der Waals surface area (Å²) in [6.07, 6.45) is 3.67. The summed E-state index contributed by atoms with van der Waals surface area (Å²) in [4.78, 5) is 24.2. The first kappa shape index (κ1) is 16.6. The molecule has 0 saturated heterocycles. The number of unbranched alkanes of at least 4 members (excludes halogenated alkanes) is 1. The second kappa shape index (κ2) is 9.65. The molecular weight excluding hydrogens is 232 g/mol. The molecule has 1 unspecified atom stereocenters. The largest absolute Gasteiger partial charge is 0.481 e. The number of nitrogens with one attached hydrogen (secondary N) is 1. The van der Waals surface area contributed by atoms with Crippen LogP contribution in [0.5, 0.6) is 0 Å². The fraction of sp³-hybridized carbons (Fsp3) is 0.692. The number of hydrogen-bond donors (Lipinski definition) is 2. The number of aliphatic carboxylic acids is 1. The minimum atomic E-state index is -0.851. The van der Waals surface area contributed by atoms with Crippen LogP contribution < -0.4 is 5.32 Å². The Bertz CT molecular complexity index is 279. The molecule has 0 aromatic rings. The summed E-state index contributed by atoms with van der Waals surface area (Å²) in [5, 5.41) is 11.7. The molecule has 1 atom stereocenters. The zero-order chi connectivity index (χ0) is 14.0. The van der Waals surface area contributed by atoms with Crippen LogP contribution in [0, 0.1) is 5.92 Å². The molecule has 0 bridgehead atoms. The third-order valence-corrected chi connectivity index (χ3v) is 2.56. The molecule has 2 N–H and O–H groups in total. The van der Waals surface area contributed by atoms with Crippen LogP contribution in [0.25, 0.3) is 0 Å². The number of amides is 1. The summed E-state index contributed by atoms with van der Waals surface area (Å²) in [5.74, 6) is -1.41. The van der Waals surface area contributed by atoms with E-state index >= 15 is 0 Å². The second-order valence-corrected chi connectivity index (χ2v) is 4.43. The van der Waals surface area contributed by atoms with Gasteiger partial charge in [-0.25, -0.2) is 0 Å². The lowest BCUT2D eigenvalue weighted by Crippen LogP contribution is -2.40. The summed E-state index contributed by atoms with van der Waals surface area (Å²) in [6, 6.07) is 0. The molecule has 0 aliphatic carbocycles. The van der Waals surface area contributed by atoms with Gasteiger partial charge in [-0.3, -0.25) is 14.5 Å². The highest BCUT2D eigenvalue weighted by atomic mass is 16.4. The molecule has 5 nitrogen and oxygen atoms in total. The van der Waals surface area contributed by atoms with Gasteiger partial charge in [0.05, 0.1) is 12.5 Å². The maximum atomic E-state index is 11.6. The average molecular weight is 256 g/mol. The van der Waals surface area contributed by atoms with E-state index in [-0.39, 0.29) is 12.5 Å². The van der Waals surface area contributed by atoms with Gasteiger partial charge in [-0.15, -0.1) is 6.58 Å². The number of carboxylic acid groups (broad SMARTS) is 1. The number of carbonyl (C=O) groups is 2. The van der Waals surface area contributed by atoms with Crippen molar-refractivity contribution in [3.05, 3.63) is 12.7 Å². The number of hydrogen-bond acceptors (Lipinski definition) is 3.